The molecule has 33 heavy (non-hydrogen) atoms. The van der Waals surface area contributed by atoms with E-state index in [1.165, 1.54) is 0 Å². The Morgan fingerprint density at radius 1 is 1.09 bits per heavy atom. The molecular formula is C25H24N6O2. The summed E-state index contributed by atoms with van der Waals surface area (Å²) < 4.78 is 5.14. The van der Waals surface area contributed by atoms with Crippen LogP contribution in [0, 0.1) is 0 Å². The van der Waals surface area contributed by atoms with Crippen molar-refractivity contribution >= 4 is 17.4 Å². The highest BCUT2D eigenvalue weighted by molar-refractivity contribution is 5.77. The number of nitrogens with one attached hydrogen (secondary N) is 1. The number of pyridine rings is 1. The first-order valence-electron chi connectivity index (χ1n) is 11.1. The molecule has 1 aliphatic heterocycles. The maximum absolute atomic E-state index is 13.0. The molecule has 0 saturated carbocycles. The molecule has 8 heteroatoms. The zero-order valence-electron chi connectivity index (χ0n) is 18.1. The monoisotopic (exact) mass is 440 g/mol. The van der Waals surface area contributed by atoms with Gasteiger partial charge in [0.1, 0.15) is 11.6 Å². The molecule has 166 valence electrons. The Balaban J connectivity index is 1.44. The van der Waals surface area contributed by atoms with Crippen molar-refractivity contribution in [3.05, 3.63) is 84.8 Å². The number of anilines is 2. The number of para-hydroxylation sites is 1. The molecule has 0 aliphatic carbocycles. The van der Waals surface area contributed by atoms with Gasteiger partial charge in [-0.1, -0.05) is 23.4 Å². The van der Waals surface area contributed by atoms with Gasteiger partial charge in [0.15, 0.2) is 5.82 Å². The van der Waals surface area contributed by atoms with Crippen molar-refractivity contribution in [3.8, 4) is 11.3 Å². The van der Waals surface area contributed by atoms with Crippen molar-refractivity contribution < 1.29 is 9.32 Å². The standard InChI is InChI=1S/C25H24N6O2/c32-24(11-10-20-12-14-27-33-20)31-15-5-9-22(31)25-29-21(18-6-4-13-26-17-18)16-23(30-25)28-19-7-2-1-3-8-19/h1-4,6-8,12-14,16-17,22H,5,9-11,15H2,(H,28,29,30)/t22-/m0/s1. The number of carbonyl (C=O) groups is 1. The number of nitrogens with zero attached hydrogens (tertiary/aromatic N) is 5. The van der Waals surface area contributed by atoms with E-state index in [9.17, 15) is 4.79 Å². The predicted molar refractivity (Wildman–Crippen MR) is 123 cm³/mol. The Bertz CT molecular complexity index is 1200. The molecule has 0 spiro atoms. The minimum absolute atomic E-state index is 0.0712. The summed E-state index contributed by atoms with van der Waals surface area (Å²) in [6.45, 7) is 0.696. The molecule has 0 radical (unpaired) electrons. The lowest BCUT2D eigenvalue weighted by atomic mass is 10.1. The van der Waals surface area contributed by atoms with E-state index in [4.69, 9.17) is 14.5 Å². The topological polar surface area (TPSA) is 97.0 Å². The van der Waals surface area contributed by atoms with Crippen LogP contribution in [0.15, 0.2) is 77.7 Å². The minimum atomic E-state index is -0.167. The van der Waals surface area contributed by atoms with Gasteiger partial charge in [-0.15, -0.1) is 0 Å². The summed E-state index contributed by atoms with van der Waals surface area (Å²) in [5.74, 6) is 2.11. The van der Waals surface area contributed by atoms with Gasteiger partial charge in [0.05, 0.1) is 17.9 Å². The van der Waals surface area contributed by atoms with Gasteiger partial charge < -0.3 is 14.7 Å². The number of hydrogen-bond acceptors (Lipinski definition) is 7. The van der Waals surface area contributed by atoms with Crippen LogP contribution in [0.25, 0.3) is 11.3 Å². The summed E-state index contributed by atoms with van der Waals surface area (Å²) >= 11 is 0. The van der Waals surface area contributed by atoms with E-state index in [0.29, 0.717) is 36.8 Å². The second-order valence-electron chi connectivity index (χ2n) is 7.95. The first-order valence-corrected chi connectivity index (χ1v) is 11.1. The molecule has 4 heterocycles. The van der Waals surface area contributed by atoms with E-state index in [1.54, 1.807) is 24.7 Å². The van der Waals surface area contributed by atoms with Crippen LogP contribution >= 0.6 is 0 Å². The van der Waals surface area contributed by atoms with Crippen molar-refractivity contribution in [1.82, 2.24) is 25.0 Å². The predicted octanol–water partition coefficient (Wildman–Crippen LogP) is 4.57. The smallest absolute Gasteiger partial charge is 0.223 e. The summed E-state index contributed by atoms with van der Waals surface area (Å²) in [4.78, 5) is 28.8. The molecule has 0 bridgehead atoms. The van der Waals surface area contributed by atoms with Crippen LogP contribution in [-0.2, 0) is 11.2 Å². The third-order valence-electron chi connectivity index (χ3n) is 5.69. The average Bonchev–Trinajstić information content (AvgIpc) is 3.56. The first-order chi connectivity index (χ1) is 16.3. The highest BCUT2D eigenvalue weighted by Gasteiger charge is 2.32. The van der Waals surface area contributed by atoms with Gasteiger partial charge in [-0.2, -0.15) is 0 Å². The lowest BCUT2D eigenvalue weighted by Gasteiger charge is -2.24. The average molecular weight is 441 g/mol. The summed E-state index contributed by atoms with van der Waals surface area (Å²) in [6, 6.07) is 17.3. The van der Waals surface area contributed by atoms with Gasteiger partial charge >= 0.3 is 0 Å². The van der Waals surface area contributed by atoms with E-state index >= 15 is 0 Å². The van der Waals surface area contributed by atoms with Crippen molar-refractivity contribution in [2.24, 2.45) is 0 Å². The van der Waals surface area contributed by atoms with Gasteiger partial charge in [-0.25, -0.2) is 9.97 Å². The van der Waals surface area contributed by atoms with E-state index < -0.39 is 0 Å². The molecule has 4 aromatic rings. The highest BCUT2D eigenvalue weighted by atomic mass is 16.5. The first kappa shape index (κ1) is 20.8. The lowest BCUT2D eigenvalue weighted by Crippen LogP contribution is -2.31. The molecule has 1 aliphatic rings. The Labute approximate surface area is 191 Å². The number of rotatable bonds is 7. The van der Waals surface area contributed by atoms with E-state index in [-0.39, 0.29) is 11.9 Å². The number of aromatic nitrogens is 4. The summed E-state index contributed by atoms with van der Waals surface area (Å²) in [6.07, 6.45) is 7.75. The summed E-state index contributed by atoms with van der Waals surface area (Å²) in [5.41, 5.74) is 2.61. The van der Waals surface area contributed by atoms with Crippen LogP contribution in [0.5, 0.6) is 0 Å². The van der Waals surface area contributed by atoms with Crippen LogP contribution in [0.2, 0.25) is 0 Å². The fourth-order valence-electron chi connectivity index (χ4n) is 4.09. The molecule has 3 aromatic heterocycles. The van der Waals surface area contributed by atoms with Crippen LogP contribution in [0.1, 0.15) is 36.9 Å². The second kappa shape index (κ2) is 9.60. The van der Waals surface area contributed by atoms with E-state index in [1.807, 2.05) is 53.4 Å². The quantitative estimate of drug-likeness (QED) is 0.450. The van der Waals surface area contributed by atoms with Crippen molar-refractivity contribution in [2.45, 2.75) is 31.7 Å². The van der Waals surface area contributed by atoms with Crippen molar-refractivity contribution in [2.75, 3.05) is 11.9 Å². The summed E-state index contributed by atoms with van der Waals surface area (Å²) in [7, 11) is 0. The number of aryl methyl sites for hydroxylation is 1. The van der Waals surface area contributed by atoms with Crippen LogP contribution in [0.4, 0.5) is 11.5 Å². The van der Waals surface area contributed by atoms with Gasteiger partial charge in [-0.05, 0) is 37.1 Å². The fraction of sp³-hybridized carbons (Fsp3) is 0.240. The number of carbonyl (C=O) groups excluding carboxylic acids is 1. The maximum atomic E-state index is 13.0. The molecule has 1 N–H and O–H groups in total. The summed E-state index contributed by atoms with van der Waals surface area (Å²) in [5, 5.41) is 7.08. The highest BCUT2D eigenvalue weighted by Crippen LogP contribution is 2.33. The van der Waals surface area contributed by atoms with Gasteiger partial charge in [-0.3, -0.25) is 9.78 Å². The number of amides is 1. The molecule has 1 fully saturated rings. The SMILES string of the molecule is O=C(CCc1ccno1)N1CCC[C@H]1c1nc(Nc2ccccc2)cc(-c2cccnc2)n1. The van der Waals surface area contributed by atoms with Crippen LogP contribution in [0.3, 0.4) is 0 Å². The van der Waals surface area contributed by atoms with Crippen molar-refractivity contribution in [3.63, 3.8) is 0 Å². The zero-order chi connectivity index (χ0) is 22.5. The molecule has 1 atom stereocenters. The van der Waals surface area contributed by atoms with E-state index in [2.05, 4.69) is 15.5 Å². The molecule has 1 amide bonds. The van der Waals surface area contributed by atoms with Crippen LogP contribution < -0.4 is 5.32 Å². The van der Waals surface area contributed by atoms with Crippen LogP contribution in [-0.4, -0.2) is 37.5 Å². The number of likely N-dealkylation sites (tertiary alicyclic amines) is 1. The molecule has 5 rings (SSSR count). The third kappa shape index (κ3) is 4.90. The van der Waals surface area contributed by atoms with Gasteiger partial charge in [0.25, 0.3) is 0 Å². The second-order valence-corrected chi connectivity index (χ2v) is 7.95. The van der Waals surface area contributed by atoms with Gasteiger partial charge in [0, 0.05) is 55.2 Å². The fourth-order valence-corrected chi connectivity index (χ4v) is 4.09. The Morgan fingerprint density at radius 3 is 2.79 bits per heavy atom. The molecule has 8 nitrogen and oxygen atoms in total. The molecule has 1 aromatic carbocycles. The number of benzene rings is 1. The minimum Gasteiger partial charge on any atom is -0.361 e. The Kier molecular flexibility index (Phi) is 6.06. The molecule has 1 saturated heterocycles. The lowest BCUT2D eigenvalue weighted by molar-refractivity contribution is -0.132. The van der Waals surface area contributed by atoms with Gasteiger partial charge in [0.2, 0.25) is 5.91 Å². The van der Waals surface area contributed by atoms with Crippen molar-refractivity contribution in [1.29, 1.82) is 0 Å². The zero-order valence-corrected chi connectivity index (χ0v) is 18.1. The third-order valence-corrected chi connectivity index (χ3v) is 5.69. The largest absolute Gasteiger partial charge is 0.361 e. The maximum Gasteiger partial charge on any atom is 0.223 e. The normalized spacial score (nSPS) is 15.5. The van der Waals surface area contributed by atoms with E-state index in [0.717, 1.165) is 29.8 Å². The Morgan fingerprint density at radius 2 is 2.00 bits per heavy atom. The molecular weight excluding hydrogens is 416 g/mol. The molecule has 0 unspecified atom stereocenters. The number of hydrogen-bond donors (Lipinski definition) is 1. The Hall–Kier alpha value is -4.07.